The highest BCUT2D eigenvalue weighted by atomic mass is 16.5. The molecule has 0 fully saturated rings. The fourth-order valence-electron chi connectivity index (χ4n) is 3.01. The van der Waals surface area contributed by atoms with Crippen molar-refractivity contribution >= 4 is 17.8 Å². The standard InChI is InChI=1S/C24H29NO5/c1-17(15-29-16-24(3,4)13-22(18(2)26)23(27)28)12-19-7-9-20(10-8-19)30-21-6-5-11-25-14-21/h5-12,14,22H,13,15-16H2,1-4H3,(H,27,28). The third-order valence-corrected chi connectivity index (χ3v) is 4.53. The third kappa shape index (κ3) is 7.79. The van der Waals surface area contributed by atoms with Crippen LogP contribution in [0.1, 0.15) is 39.7 Å². The van der Waals surface area contributed by atoms with E-state index < -0.39 is 17.3 Å². The molecule has 0 saturated carbocycles. The second-order valence-electron chi connectivity index (χ2n) is 8.21. The van der Waals surface area contributed by atoms with Crippen molar-refractivity contribution in [1.82, 2.24) is 4.98 Å². The predicted octanol–water partition coefficient (Wildman–Crippen LogP) is 5.00. The van der Waals surface area contributed by atoms with Gasteiger partial charge in [0.1, 0.15) is 23.2 Å². The highest BCUT2D eigenvalue weighted by molar-refractivity contribution is 5.96. The predicted molar refractivity (Wildman–Crippen MR) is 115 cm³/mol. The number of carboxylic acids is 1. The van der Waals surface area contributed by atoms with Gasteiger partial charge in [0.15, 0.2) is 0 Å². The molecule has 0 bridgehead atoms. The van der Waals surface area contributed by atoms with Crippen LogP contribution in [0.2, 0.25) is 0 Å². The monoisotopic (exact) mass is 411 g/mol. The van der Waals surface area contributed by atoms with Gasteiger partial charge in [-0.2, -0.15) is 0 Å². The van der Waals surface area contributed by atoms with E-state index in [9.17, 15) is 14.7 Å². The average Bonchev–Trinajstić information content (AvgIpc) is 2.68. The van der Waals surface area contributed by atoms with Crippen molar-refractivity contribution in [3.05, 3.63) is 59.9 Å². The summed E-state index contributed by atoms with van der Waals surface area (Å²) < 4.78 is 11.5. The van der Waals surface area contributed by atoms with Gasteiger partial charge >= 0.3 is 5.97 Å². The Morgan fingerprint density at radius 1 is 1.13 bits per heavy atom. The number of carbonyl (C=O) groups excluding carboxylic acids is 1. The average molecular weight is 411 g/mol. The third-order valence-electron chi connectivity index (χ3n) is 4.53. The number of aliphatic carboxylic acids is 1. The topological polar surface area (TPSA) is 85.7 Å². The van der Waals surface area contributed by atoms with E-state index in [1.807, 2.05) is 63.2 Å². The highest BCUT2D eigenvalue weighted by Gasteiger charge is 2.31. The van der Waals surface area contributed by atoms with Gasteiger partial charge in [-0.05, 0) is 61.1 Å². The van der Waals surface area contributed by atoms with Crippen LogP contribution in [0.25, 0.3) is 6.08 Å². The summed E-state index contributed by atoms with van der Waals surface area (Å²) in [5.74, 6) is -0.991. The van der Waals surface area contributed by atoms with Gasteiger partial charge in [-0.1, -0.05) is 32.1 Å². The summed E-state index contributed by atoms with van der Waals surface area (Å²) >= 11 is 0. The van der Waals surface area contributed by atoms with Crippen LogP contribution in [-0.4, -0.2) is 35.1 Å². The summed E-state index contributed by atoms with van der Waals surface area (Å²) in [6.07, 6.45) is 5.63. The molecule has 0 saturated heterocycles. The zero-order valence-corrected chi connectivity index (χ0v) is 17.9. The summed E-state index contributed by atoms with van der Waals surface area (Å²) in [7, 11) is 0. The molecule has 1 aromatic heterocycles. The second kappa shape index (κ2) is 10.7. The second-order valence-corrected chi connectivity index (χ2v) is 8.21. The number of rotatable bonds is 11. The Balaban J connectivity index is 1.86. The summed E-state index contributed by atoms with van der Waals surface area (Å²) in [5.41, 5.74) is 1.64. The number of ketones is 1. The molecule has 0 radical (unpaired) electrons. The van der Waals surface area contributed by atoms with E-state index in [-0.39, 0.29) is 12.2 Å². The fourth-order valence-corrected chi connectivity index (χ4v) is 3.01. The van der Waals surface area contributed by atoms with Crippen molar-refractivity contribution in [1.29, 1.82) is 0 Å². The first kappa shape index (κ1) is 23.3. The Hall–Kier alpha value is -2.99. The number of carbonyl (C=O) groups is 2. The van der Waals surface area contributed by atoms with Crippen molar-refractivity contribution in [3.63, 3.8) is 0 Å². The zero-order valence-electron chi connectivity index (χ0n) is 17.9. The molecule has 0 aliphatic heterocycles. The van der Waals surface area contributed by atoms with Crippen molar-refractivity contribution in [3.8, 4) is 11.5 Å². The maximum Gasteiger partial charge on any atom is 0.314 e. The number of nitrogens with zero attached hydrogens (tertiary/aromatic N) is 1. The molecule has 160 valence electrons. The Morgan fingerprint density at radius 3 is 2.40 bits per heavy atom. The summed E-state index contributed by atoms with van der Waals surface area (Å²) in [6, 6.07) is 11.4. The Labute approximate surface area is 177 Å². The number of benzene rings is 1. The van der Waals surface area contributed by atoms with Crippen molar-refractivity contribution < 1.29 is 24.2 Å². The van der Waals surface area contributed by atoms with Crippen LogP contribution < -0.4 is 4.74 Å². The minimum absolute atomic E-state index is 0.249. The van der Waals surface area contributed by atoms with Gasteiger partial charge in [-0.3, -0.25) is 14.6 Å². The Morgan fingerprint density at radius 2 is 1.83 bits per heavy atom. The highest BCUT2D eigenvalue weighted by Crippen LogP contribution is 2.27. The number of aromatic nitrogens is 1. The van der Waals surface area contributed by atoms with Crippen molar-refractivity contribution in [2.75, 3.05) is 13.2 Å². The lowest BCUT2D eigenvalue weighted by Gasteiger charge is -2.26. The van der Waals surface area contributed by atoms with Crippen LogP contribution in [0.15, 0.2) is 54.4 Å². The molecule has 2 rings (SSSR count). The molecule has 2 aromatic rings. The van der Waals surface area contributed by atoms with Gasteiger partial charge in [-0.25, -0.2) is 0 Å². The van der Waals surface area contributed by atoms with E-state index in [0.717, 1.165) is 16.9 Å². The Bertz CT molecular complexity index is 858. The summed E-state index contributed by atoms with van der Waals surface area (Å²) in [5, 5.41) is 9.20. The molecule has 0 aliphatic carbocycles. The van der Waals surface area contributed by atoms with E-state index in [1.165, 1.54) is 6.92 Å². The number of pyridine rings is 1. The van der Waals surface area contributed by atoms with E-state index in [0.29, 0.717) is 19.0 Å². The first-order valence-corrected chi connectivity index (χ1v) is 9.82. The maximum absolute atomic E-state index is 11.5. The normalized spacial score (nSPS) is 13.0. The molecule has 0 amide bonds. The lowest BCUT2D eigenvalue weighted by Crippen LogP contribution is -2.31. The lowest BCUT2D eigenvalue weighted by atomic mass is 9.82. The van der Waals surface area contributed by atoms with Gasteiger partial charge in [0.2, 0.25) is 0 Å². The largest absolute Gasteiger partial charge is 0.481 e. The summed E-state index contributed by atoms with van der Waals surface area (Å²) in [6.45, 7) is 7.90. The van der Waals surface area contributed by atoms with Crippen molar-refractivity contribution in [2.45, 2.75) is 34.1 Å². The first-order chi connectivity index (χ1) is 14.2. The van der Waals surface area contributed by atoms with Gasteiger partial charge in [0, 0.05) is 6.20 Å². The summed E-state index contributed by atoms with van der Waals surface area (Å²) in [4.78, 5) is 26.8. The van der Waals surface area contributed by atoms with E-state index in [2.05, 4.69) is 4.98 Å². The van der Waals surface area contributed by atoms with Crippen LogP contribution in [0.3, 0.4) is 0 Å². The first-order valence-electron chi connectivity index (χ1n) is 9.82. The molecule has 0 aliphatic rings. The number of hydrogen-bond acceptors (Lipinski definition) is 5. The molecule has 0 spiro atoms. The van der Waals surface area contributed by atoms with Crippen LogP contribution in [0.5, 0.6) is 11.5 Å². The molecule has 1 heterocycles. The van der Waals surface area contributed by atoms with Crippen LogP contribution in [-0.2, 0) is 14.3 Å². The molecule has 1 atom stereocenters. The molecule has 1 aromatic carbocycles. The van der Waals surface area contributed by atoms with E-state index >= 15 is 0 Å². The minimum atomic E-state index is -1.08. The SMILES string of the molecule is CC(=O)C(CC(C)(C)COCC(C)=Cc1ccc(Oc2cccnc2)cc1)C(=O)O. The van der Waals surface area contributed by atoms with Crippen LogP contribution in [0, 0.1) is 11.3 Å². The van der Waals surface area contributed by atoms with E-state index in [1.54, 1.807) is 12.4 Å². The molecular weight excluding hydrogens is 382 g/mol. The molecule has 1 N–H and O–H groups in total. The maximum atomic E-state index is 11.5. The lowest BCUT2D eigenvalue weighted by molar-refractivity contribution is -0.147. The van der Waals surface area contributed by atoms with Crippen LogP contribution >= 0.6 is 0 Å². The Kier molecular flexibility index (Phi) is 8.30. The molecule has 1 unspecified atom stereocenters. The molecule has 6 nitrogen and oxygen atoms in total. The van der Waals surface area contributed by atoms with Crippen LogP contribution in [0.4, 0.5) is 0 Å². The zero-order chi connectivity index (χ0) is 22.1. The minimum Gasteiger partial charge on any atom is -0.481 e. The van der Waals surface area contributed by atoms with Gasteiger partial charge in [0.25, 0.3) is 0 Å². The number of hydrogen-bond donors (Lipinski definition) is 1. The molecule has 30 heavy (non-hydrogen) atoms. The number of Topliss-reactive ketones (excluding diaryl/α,β-unsaturated/α-hetero) is 1. The van der Waals surface area contributed by atoms with Crippen molar-refractivity contribution in [2.24, 2.45) is 11.3 Å². The smallest absolute Gasteiger partial charge is 0.314 e. The van der Waals surface area contributed by atoms with Gasteiger partial charge in [-0.15, -0.1) is 0 Å². The molecular formula is C24H29NO5. The number of ether oxygens (including phenoxy) is 2. The van der Waals surface area contributed by atoms with Gasteiger partial charge in [0.05, 0.1) is 19.4 Å². The van der Waals surface area contributed by atoms with Gasteiger partial charge < -0.3 is 14.6 Å². The quantitative estimate of drug-likeness (QED) is 0.524. The van der Waals surface area contributed by atoms with E-state index in [4.69, 9.17) is 9.47 Å². The fraction of sp³-hybridized carbons (Fsp3) is 0.375. The number of carboxylic acid groups (broad SMARTS) is 1. The molecule has 6 heteroatoms.